The van der Waals surface area contributed by atoms with Crippen molar-refractivity contribution >= 4 is 53.9 Å². The van der Waals surface area contributed by atoms with E-state index in [-0.39, 0.29) is 23.7 Å². The van der Waals surface area contributed by atoms with E-state index in [0.29, 0.717) is 23.0 Å². The molecule has 0 N–H and O–H groups in total. The second kappa shape index (κ2) is 13.7. The van der Waals surface area contributed by atoms with Gasteiger partial charge < -0.3 is 9.30 Å². The first-order valence-corrected chi connectivity index (χ1v) is 14.0. The summed E-state index contributed by atoms with van der Waals surface area (Å²) in [6.45, 7) is 3.30. The molecule has 12 heteroatoms. The van der Waals surface area contributed by atoms with Gasteiger partial charge in [0.25, 0.3) is 10.0 Å². The Hall–Kier alpha value is -1.78. The first kappa shape index (κ1) is 26.5. The van der Waals surface area contributed by atoms with Gasteiger partial charge in [-0.05, 0) is 50.2 Å². The number of hydrogen-bond donors (Lipinski definition) is 0. The van der Waals surface area contributed by atoms with Crippen LogP contribution >= 0.6 is 32.4 Å². The summed E-state index contributed by atoms with van der Waals surface area (Å²) in [4.78, 5) is 5.19. The summed E-state index contributed by atoms with van der Waals surface area (Å²) in [7, 11) is 5.72. The van der Waals surface area contributed by atoms with E-state index in [2.05, 4.69) is 8.80 Å². The van der Waals surface area contributed by atoms with E-state index >= 15 is 0 Å². The second-order valence-corrected chi connectivity index (χ2v) is 9.79. The number of furan rings is 1. The molecule has 0 spiro atoms. The predicted molar refractivity (Wildman–Crippen MR) is 124 cm³/mol. The van der Waals surface area contributed by atoms with E-state index in [1.54, 1.807) is 56.3 Å². The molecule has 172 valence electrons. The summed E-state index contributed by atoms with van der Waals surface area (Å²) in [5.74, 6) is 1.35. The van der Waals surface area contributed by atoms with E-state index in [1.807, 2.05) is 18.2 Å². The zero-order chi connectivity index (χ0) is 23.4. The van der Waals surface area contributed by atoms with Crippen molar-refractivity contribution < 1.29 is 35.2 Å². The van der Waals surface area contributed by atoms with Crippen molar-refractivity contribution in [1.82, 2.24) is 0 Å². The molecule has 3 aromatic rings. The van der Waals surface area contributed by atoms with Crippen LogP contribution in [-0.4, -0.2) is 19.8 Å². The zero-order valence-electron chi connectivity index (χ0n) is 16.8. The van der Waals surface area contributed by atoms with Crippen LogP contribution in [0.15, 0.2) is 90.9 Å². The SMILES string of the molecule is C/C(=N\SOOc1ccccc1)c1ccc(/C(C)=N/S(=O)(=O)c2ccccc2)o1.[Cl][Fe][Cl]. The van der Waals surface area contributed by atoms with E-state index in [0.717, 1.165) is 12.2 Å². The Morgan fingerprint density at radius 3 is 2.03 bits per heavy atom. The number of nitrogens with zero attached hydrogens (tertiary/aromatic N) is 2. The monoisotopic (exact) mass is 556 g/mol. The van der Waals surface area contributed by atoms with E-state index in [4.69, 9.17) is 33.8 Å². The van der Waals surface area contributed by atoms with Crippen molar-refractivity contribution in [2.45, 2.75) is 18.7 Å². The van der Waals surface area contributed by atoms with Gasteiger partial charge in [0.15, 0.2) is 18.0 Å². The first-order valence-electron chi connectivity index (χ1n) is 8.79. The Morgan fingerprint density at radius 2 is 1.44 bits per heavy atom. The van der Waals surface area contributed by atoms with Gasteiger partial charge in [0.1, 0.15) is 11.5 Å². The van der Waals surface area contributed by atoms with E-state index in [9.17, 15) is 8.42 Å². The van der Waals surface area contributed by atoms with Gasteiger partial charge in [-0.1, -0.05) is 40.7 Å². The molecule has 0 bridgehead atoms. The van der Waals surface area contributed by atoms with Crippen LogP contribution in [0.2, 0.25) is 0 Å². The van der Waals surface area contributed by atoms with E-state index < -0.39 is 10.0 Å². The van der Waals surface area contributed by atoms with Gasteiger partial charge in [0, 0.05) is 0 Å². The fourth-order valence-electron chi connectivity index (χ4n) is 2.24. The summed E-state index contributed by atoms with van der Waals surface area (Å²) in [5, 5.41) is 0. The van der Waals surface area contributed by atoms with Gasteiger partial charge in [-0.25, -0.2) is 0 Å². The summed E-state index contributed by atoms with van der Waals surface area (Å²) in [6.07, 6.45) is 0. The number of hydrogen-bond acceptors (Lipinski definition) is 7. The van der Waals surface area contributed by atoms with Crippen LogP contribution < -0.4 is 4.89 Å². The molecular weight excluding hydrogens is 539 g/mol. The van der Waals surface area contributed by atoms with Crippen molar-refractivity contribution in [3.63, 3.8) is 0 Å². The average molecular weight is 557 g/mol. The number of benzene rings is 2. The molecule has 7 nitrogen and oxygen atoms in total. The summed E-state index contributed by atoms with van der Waals surface area (Å²) < 4.78 is 43.3. The van der Waals surface area contributed by atoms with Crippen molar-refractivity contribution in [3.05, 3.63) is 84.3 Å². The van der Waals surface area contributed by atoms with Crippen LogP contribution in [0.3, 0.4) is 0 Å². The molecule has 0 saturated carbocycles. The van der Waals surface area contributed by atoms with Gasteiger partial charge in [0.05, 0.1) is 16.3 Å². The molecule has 1 aromatic heterocycles. The van der Waals surface area contributed by atoms with Crippen molar-refractivity contribution in [2.24, 2.45) is 8.80 Å². The average Bonchev–Trinajstić information content (AvgIpc) is 3.29. The maximum absolute atomic E-state index is 12.4. The number of para-hydroxylation sites is 1. The Bertz CT molecular complexity index is 1140. The van der Waals surface area contributed by atoms with E-state index in [1.165, 1.54) is 12.1 Å². The number of rotatable bonds is 8. The van der Waals surface area contributed by atoms with Crippen molar-refractivity contribution in [1.29, 1.82) is 0 Å². The summed E-state index contributed by atoms with van der Waals surface area (Å²) in [6, 6.07) is 20.3. The molecule has 0 aliphatic heterocycles. The van der Waals surface area contributed by atoms with Crippen LogP contribution in [0.1, 0.15) is 25.4 Å². The molecule has 3 rings (SSSR count). The summed E-state index contributed by atoms with van der Waals surface area (Å²) in [5.41, 5.74) is 0.779. The Morgan fingerprint density at radius 1 is 0.906 bits per heavy atom. The zero-order valence-corrected chi connectivity index (χ0v) is 21.0. The molecule has 0 saturated heterocycles. The molecule has 0 aliphatic carbocycles. The molecule has 0 radical (unpaired) electrons. The molecule has 0 amide bonds. The maximum atomic E-state index is 12.4. The Labute approximate surface area is 205 Å². The fourth-order valence-corrected chi connectivity index (χ4v) is 3.64. The topological polar surface area (TPSA) is 90.5 Å². The van der Waals surface area contributed by atoms with Crippen molar-refractivity contribution in [2.75, 3.05) is 0 Å². The van der Waals surface area contributed by atoms with Gasteiger partial charge in [-0.3, -0.25) is 0 Å². The molecule has 0 fully saturated rings. The molecule has 0 aliphatic rings. The van der Waals surface area contributed by atoms with Crippen LogP contribution in [-0.2, 0) is 27.5 Å². The number of halogens is 2. The first-order chi connectivity index (χ1) is 15.4. The van der Waals surface area contributed by atoms with Crippen LogP contribution in [0.4, 0.5) is 0 Å². The molecular formula is C20H18Cl2FeN2O5S2. The normalized spacial score (nSPS) is 12.2. The van der Waals surface area contributed by atoms with Gasteiger partial charge in [-0.2, -0.15) is 17.2 Å². The van der Waals surface area contributed by atoms with Crippen molar-refractivity contribution in [3.8, 4) is 5.75 Å². The quantitative estimate of drug-likeness (QED) is 0.0620. The van der Waals surface area contributed by atoms with Crippen LogP contribution in [0, 0.1) is 0 Å². The summed E-state index contributed by atoms with van der Waals surface area (Å²) >= 11 is 0.950. The van der Waals surface area contributed by atoms with Crippen LogP contribution in [0.5, 0.6) is 5.75 Å². The molecule has 32 heavy (non-hydrogen) atoms. The Balaban J connectivity index is 0.00000114. The van der Waals surface area contributed by atoms with Gasteiger partial charge in [-0.15, -0.1) is 0 Å². The number of sulfonamides is 1. The van der Waals surface area contributed by atoms with Gasteiger partial charge in [0.2, 0.25) is 0 Å². The fraction of sp³-hybridized carbons (Fsp3) is 0.100. The molecule has 1 heterocycles. The third-order valence-electron chi connectivity index (χ3n) is 3.70. The third kappa shape index (κ3) is 8.63. The third-order valence-corrected chi connectivity index (χ3v) is 5.55. The Kier molecular flexibility index (Phi) is 11.3. The minimum atomic E-state index is -3.81. The standard InChI is InChI=1S/C20H18N2O5S2.2ClH.Fe/c1-15(21-28-27-26-17-9-5-3-6-10-17)19-13-14-20(25-19)16(2)22-29(23,24)18-11-7-4-8-12-18;;;/h3-14H,1-2H3;2*1H;/q;;;+2/p-2/b21-15+,22-16+;;;. The second-order valence-electron chi connectivity index (χ2n) is 5.89. The minimum absolute atomic E-state index is 0.121. The molecule has 2 aromatic carbocycles. The molecule has 0 unspecified atom stereocenters. The predicted octanol–water partition coefficient (Wildman–Crippen LogP) is 6.24. The van der Waals surface area contributed by atoms with Crippen LogP contribution in [0.25, 0.3) is 0 Å². The molecule has 0 atom stereocenters. The van der Waals surface area contributed by atoms with Gasteiger partial charge >= 0.3 is 33.3 Å².